The molecule has 25 heavy (non-hydrogen) atoms. The number of likely N-dealkylation sites (tertiary alicyclic amines) is 1. The van der Waals surface area contributed by atoms with Gasteiger partial charge in [-0.2, -0.15) is 4.98 Å². The van der Waals surface area contributed by atoms with Crippen molar-refractivity contribution >= 4 is 0 Å². The number of rotatable bonds is 7. The summed E-state index contributed by atoms with van der Waals surface area (Å²) in [5.74, 6) is 1.76. The van der Waals surface area contributed by atoms with Crippen LogP contribution < -0.4 is 4.74 Å². The van der Waals surface area contributed by atoms with Gasteiger partial charge in [0.15, 0.2) is 0 Å². The van der Waals surface area contributed by atoms with E-state index in [4.69, 9.17) is 14.0 Å². The van der Waals surface area contributed by atoms with E-state index in [2.05, 4.69) is 20.0 Å². The lowest BCUT2D eigenvalue weighted by molar-refractivity contribution is 0.0966. The van der Waals surface area contributed by atoms with Gasteiger partial charge in [0.25, 0.3) is 0 Å². The highest BCUT2D eigenvalue weighted by Crippen LogP contribution is 2.39. The van der Waals surface area contributed by atoms with Crippen LogP contribution in [0.5, 0.6) is 5.88 Å². The monoisotopic (exact) mass is 344 g/mol. The van der Waals surface area contributed by atoms with Crippen LogP contribution in [0.25, 0.3) is 11.4 Å². The number of nitrogens with zero attached hydrogens (tertiary/aromatic N) is 4. The molecule has 2 aliphatic rings. The number of methoxy groups -OCH3 is 1. The Labute approximate surface area is 147 Å². The Morgan fingerprint density at radius 3 is 2.96 bits per heavy atom. The standard InChI is InChI=1S/C18H24N4O3/c1-23-11-12-24-17-14(7-3-9-19-17)16-20-18(25-21-16)15-8-4-10-22(15)13-5-2-6-13/h3,7,9,13,15H,2,4-6,8,10-12H2,1H3. The zero-order valence-corrected chi connectivity index (χ0v) is 14.6. The highest BCUT2D eigenvalue weighted by Gasteiger charge is 2.37. The largest absolute Gasteiger partial charge is 0.475 e. The van der Waals surface area contributed by atoms with Crippen molar-refractivity contribution in [2.24, 2.45) is 0 Å². The molecule has 2 aromatic heterocycles. The Balaban J connectivity index is 1.53. The number of pyridine rings is 1. The molecule has 7 heteroatoms. The van der Waals surface area contributed by atoms with Crippen molar-refractivity contribution in [2.45, 2.75) is 44.2 Å². The summed E-state index contributed by atoms with van der Waals surface area (Å²) in [7, 11) is 1.64. The highest BCUT2D eigenvalue weighted by molar-refractivity contribution is 5.60. The number of hydrogen-bond acceptors (Lipinski definition) is 7. The predicted molar refractivity (Wildman–Crippen MR) is 91.2 cm³/mol. The quantitative estimate of drug-likeness (QED) is 0.715. The van der Waals surface area contributed by atoms with Gasteiger partial charge >= 0.3 is 0 Å². The molecule has 4 rings (SSSR count). The molecule has 2 fully saturated rings. The van der Waals surface area contributed by atoms with Crippen molar-refractivity contribution in [1.29, 1.82) is 0 Å². The SMILES string of the molecule is COCCOc1ncccc1-c1noc(C2CCCN2C2CCC2)n1. The van der Waals surface area contributed by atoms with Gasteiger partial charge in [0.1, 0.15) is 6.61 Å². The summed E-state index contributed by atoms with van der Waals surface area (Å²) in [6.45, 7) is 2.07. The molecule has 0 amide bonds. The minimum absolute atomic E-state index is 0.251. The molecule has 7 nitrogen and oxygen atoms in total. The molecule has 1 aliphatic carbocycles. The molecule has 1 saturated carbocycles. The Morgan fingerprint density at radius 2 is 2.16 bits per heavy atom. The maximum absolute atomic E-state index is 5.68. The van der Waals surface area contributed by atoms with Gasteiger partial charge in [-0.15, -0.1) is 0 Å². The first-order valence-corrected chi connectivity index (χ1v) is 9.03. The normalized spacial score (nSPS) is 21.4. The molecule has 134 valence electrons. The molecule has 0 N–H and O–H groups in total. The Bertz CT molecular complexity index is 701. The third-order valence-corrected chi connectivity index (χ3v) is 5.10. The van der Waals surface area contributed by atoms with E-state index < -0.39 is 0 Å². The highest BCUT2D eigenvalue weighted by atomic mass is 16.5. The second-order valence-corrected chi connectivity index (χ2v) is 6.63. The van der Waals surface area contributed by atoms with E-state index in [0.29, 0.717) is 36.9 Å². The Hall–Kier alpha value is -1.99. The van der Waals surface area contributed by atoms with E-state index in [1.54, 1.807) is 13.3 Å². The molecule has 2 aromatic rings. The first kappa shape index (κ1) is 16.5. The van der Waals surface area contributed by atoms with Crippen LogP contribution in [-0.2, 0) is 4.74 Å². The third kappa shape index (κ3) is 3.39. The van der Waals surface area contributed by atoms with Gasteiger partial charge in [0.05, 0.1) is 18.2 Å². The van der Waals surface area contributed by atoms with Crippen molar-refractivity contribution < 1.29 is 14.0 Å². The summed E-state index contributed by atoms with van der Waals surface area (Å²) in [6.07, 6.45) is 7.89. The fourth-order valence-corrected chi connectivity index (χ4v) is 3.59. The molecule has 1 saturated heterocycles. The summed E-state index contributed by atoms with van der Waals surface area (Å²) in [6, 6.07) is 4.70. The van der Waals surface area contributed by atoms with Gasteiger partial charge in [0, 0.05) is 19.3 Å². The van der Waals surface area contributed by atoms with Gasteiger partial charge in [0.2, 0.25) is 17.6 Å². The van der Waals surface area contributed by atoms with E-state index in [1.165, 1.54) is 25.7 Å². The number of ether oxygens (including phenoxy) is 2. The summed E-state index contributed by atoms with van der Waals surface area (Å²) < 4.78 is 16.3. The van der Waals surface area contributed by atoms with E-state index >= 15 is 0 Å². The summed E-state index contributed by atoms with van der Waals surface area (Å²) in [5.41, 5.74) is 0.752. The second-order valence-electron chi connectivity index (χ2n) is 6.63. The molecule has 0 spiro atoms. The van der Waals surface area contributed by atoms with Crippen LogP contribution in [-0.4, -0.2) is 52.9 Å². The van der Waals surface area contributed by atoms with Crippen molar-refractivity contribution in [1.82, 2.24) is 20.0 Å². The van der Waals surface area contributed by atoms with E-state index in [0.717, 1.165) is 18.5 Å². The maximum Gasteiger partial charge on any atom is 0.244 e. The van der Waals surface area contributed by atoms with Crippen molar-refractivity contribution in [3.05, 3.63) is 24.2 Å². The Kier molecular flexibility index (Phi) is 4.94. The van der Waals surface area contributed by atoms with Crippen LogP contribution in [0, 0.1) is 0 Å². The van der Waals surface area contributed by atoms with Gasteiger partial charge in [-0.3, -0.25) is 4.90 Å². The molecule has 1 unspecified atom stereocenters. The van der Waals surface area contributed by atoms with Gasteiger partial charge in [-0.05, 0) is 44.4 Å². The maximum atomic E-state index is 5.68. The minimum atomic E-state index is 0.251. The van der Waals surface area contributed by atoms with Crippen LogP contribution in [0.1, 0.15) is 44.0 Å². The molecular formula is C18H24N4O3. The van der Waals surface area contributed by atoms with Crippen LogP contribution in [0.4, 0.5) is 0 Å². The van der Waals surface area contributed by atoms with E-state index in [9.17, 15) is 0 Å². The van der Waals surface area contributed by atoms with Crippen LogP contribution in [0.2, 0.25) is 0 Å². The lowest BCUT2D eigenvalue weighted by atomic mass is 9.91. The second kappa shape index (κ2) is 7.49. The average molecular weight is 344 g/mol. The zero-order chi connectivity index (χ0) is 17.1. The molecule has 0 aromatic carbocycles. The van der Waals surface area contributed by atoms with E-state index in [1.807, 2.05) is 12.1 Å². The predicted octanol–water partition coefficient (Wildman–Crippen LogP) is 2.85. The molecular weight excluding hydrogens is 320 g/mol. The average Bonchev–Trinajstić information content (AvgIpc) is 3.23. The number of hydrogen-bond donors (Lipinski definition) is 0. The van der Waals surface area contributed by atoms with Gasteiger partial charge < -0.3 is 14.0 Å². The molecule has 1 aliphatic heterocycles. The molecule has 0 bridgehead atoms. The van der Waals surface area contributed by atoms with Crippen LogP contribution in [0.15, 0.2) is 22.9 Å². The first-order valence-electron chi connectivity index (χ1n) is 9.03. The van der Waals surface area contributed by atoms with Crippen molar-refractivity contribution in [3.63, 3.8) is 0 Å². The van der Waals surface area contributed by atoms with Gasteiger partial charge in [-0.1, -0.05) is 11.6 Å². The van der Waals surface area contributed by atoms with E-state index in [-0.39, 0.29) is 6.04 Å². The fourth-order valence-electron chi connectivity index (χ4n) is 3.59. The summed E-state index contributed by atoms with van der Waals surface area (Å²) in [5, 5.41) is 4.19. The topological polar surface area (TPSA) is 73.5 Å². The Morgan fingerprint density at radius 1 is 1.24 bits per heavy atom. The lowest BCUT2D eigenvalue weighted by Crippen LogP contribution is -2.39. The smallest absolute Gasteiger partial charge is 0.244 e. The van der Waals surface area contributed by atoms with Gasteiger partial charge in [-0.25, -0.2) is 4.98 Å². The molecule has 1 atom stereocenters. The lowest BCUT2D eigenvalue weighted by Gasteiger charge is -2.37. The third-order valence-electron chi connectivity index (χ3n) is 5.10. The van der Waals surface area contributed by atoms with Crippen LogP contribution >= 0.6 is 0 Å². The van der Waals surface area contributed by atoms with Crippen LogP contribution in [0.3, 0.4) is 0 Å². The summed E-state index contributed by atoms with van der Waals surface area (Å²) in [4.78, 5) is 11.5. The zero-order valence-electron chi connectivity index (χ0n) is 14.6. The first-order chi connectivity index (χ1) is 12.4. The molecule has 3 heterocycles. The number of aromatic nitrogens is 3. The summed E-state index contributed by atoms with van der Waals surface area (Å²) >= 11 is 0. The van der Waals surface area contributed by atoms with Crippen molar-refractivity contribution in [2.75, 3.05) is 26.9 Å². The fraction of sp³-hybridized carbons (Fsp3) is 0.611. The minimum Gasteiger partial charge on any atom is -0.475 e. The van der Waals surface area contributed by atoms with Crippen molar-refractivity contribution in [3.8, 4) is 17.3 Å². The molecule has 0 radical (unpaired) electrons.